The van der Waals surface area contributed by atoms with Gasteiger partial charge in [-0.3, -0.25) is 4.68 Å². The van der Waals surface area contributed by atoms with Gasteiger partial charge in [-0.15, -0.1) is 0 Å². The molecule has 2 rings (SSSR count). The molecule has 2 heterocycles. The Balaban J connectivity index is 1.88. The molecule has 0 saturated carbocycles. The van der Waals surface area contributed by atoms with Gasteiger partial charge in [-0.25, -0.2) is 0 Å². The molecule has 1 aromatic heterocycles. The van der Waals surface area contributed by atoms with E-state index in [1.54, 1.807) is 0 Å². The van der Waals surface area contributed by atoms with E-state index in [0.29, 0.717) is 12.1 Å². The average molecular weight is 279 g/mol. The van der Waals surface area contributed by atoms with Crippen LogP contribution in [-0.4, -0.2) is 35.1 Å². The Bertz CT molecular complexity index is 396. The molecular formula is C16H29N3O. The van der Waals surface area contributed by atoms with Crippen molar-refractivity contribution in [1.29, 1.82) is 0 Å². The summed E-state index contributed by atoms with van der Waals surface area (Å²) in [5.41, 5.74) is 2.53. The molecule has 4 nitrogen and oxygen atoms in total. The van der Waals surface area contributed by atoms with E-state index in [0.717, 1.165) is 26.0 Å². The molecular weight excluding hydrogens is 250 g/mol. The van der Waals surface area contributed by atoms with E-state index in [1.807, 2.05) is 4.68 Å². The van der Waals surface area contributed by atoms with Crippen LogP contribution in [0.15, 0.2) is 6.07 Å². The first-order valence-electron chi connectivity index (χ1n) is 8.09. The maximum absolute atomic E-state index is 5.73. The third kappa shape index (κ3) is 4.32. The third-order valence-corrected chi connectivity index (χ3v) is 4.20. The minimum Gasteiger partial charge on any atom is -0.378 e. The first-order chi connectivity index (χ1) is 9.72. The average Bonchev–Trinajstić information content (AvgIpc) is 3.06. The minimum absolute atomic E-state index is 0.494. The highest BCUT2D eigenvalue weighted by Gasteiger charge is 2.18. The molecule has 20 heavy (non-hydrogen) atoms. The lowest BCUT2D eigenvalue weighted by Crippen LogP contribution is -2.32. The summed E-state index contributed by atoms with van der Waals surface area (Å²) in [5, 5.41) is 8.16. The Morgan fingerprint density at radius 2 is 2.35 bits per heavy atom. The fourth-order valence-corrected chi connectivity index (χ4v) is 3.01. The second-order valence-corrected chi connectivity index (χ2v) is 5.78. The number of nitrogens with one attached hydrogen (secondary N) is 1. The van der Waals surface area contributed by atoms with Crippen molar-refractivity contribution in [1.82, 2.24) is 15.1 Å². The zero-order valence-electron chi connectivity index (χ0n) is 13.2. The molecule has 0 radical (unpaired) electrons. The van der Waals surface area contributed by atoms with Gasteiger partial charge in [0.1, 0.15) is 0 Å². The van der Waals surface area contributed by atoms with Crippen LogP contribution in [0.1, 0.15) is 50.9 Å². The van der Waals surface area contributed by atoms with E-state index in [2.05, 4.69) is 37.4 Å². The highest BCUT2D eigenvalue weighted by Crippen LogP contribution is 2.19. The second-order valence-electron chi connectivity index (χ2n) is 5.78. The van der Waals surface area contributed by atoms with Gasteiger partial charge in [-0.2, -0.15) is 5.10 Å². The first kappa shape index (κ1) is 15.5. The second kappa shape index (κ2) is 7.79. The van der Waals surface area contributed by atoms with E-state index in [9.17, 15) is 0 Å². The van der Waals surface area contributed by atoms with Gasteiger partial charge in [0.05, 0.1) is 11.8 Å². The maximum Gasteiger partial charge on any atom is 0.0624 e. The highest BCUT2D eigenvalue weighted by atomic mass is 16.5. The van der Waals surface area contributed by atoms with Crippen molar-refractivity contribution >= 4 is 0 Å². The van der Waals surface area contributed by atoms with Crippen LogP contribution in [0.4, 0.5) is 0 Å². The molecule has 1 aromatic rings. The van der Waals surface area contributed by atoms with Crippen LogP contribution < -0.4 is 5.32 Å². The molecule has 1 fully saturated rings. The van der Waals surface area contributed by atoms with Crippen molar-refractivity contribution in [3.63, 3.8) is 0 Å². The number of hydrogen-bond acceptors (Lipinski definition) is 3. The molecule has 2 unspecified atom stereocenters. The predicted molar refractivity (Wildman–Crippen MR) is 82.0 cm³/mol. The molecule has 0 spiro atoms. The van der Waals surface area contributed by atoms with Crippen LogP contribution in [0.25, 0.3) is 0 Å². The van der Waals surface area contributed by atoms with Crippen molar-refractivity contribution < 1.29 is 4.74 Å². The monoisotopic (exact) mass is 279 g/mol. The topological polar surface area (TPSA) is 39.1 Å². The SMILES string of the molecule is CCNC(CCC1CCCO1)Cc1cc(CC)nn1C. The van der Waals surface area contributed by atoms with Gasteiger partial charge >= 0.3 is 0 Å². The Morgan fingerprint density at radius 1 is 1.50 bits per heavy atom. The van der Waals surface area contributed by atoms with Crippen LogP contribution in [0, 0.1) is 0 Å². The molecule has 2 atom stereocenters. The quantitative estimate of drug-likeness (QED) is 0.794. The van der Waals surface area contributed by atoms with Gasteiger partial charge in [0.25, 0.3) is 0 Å². The lowest BCUT2D eigenvalue weighted by atomic mass is 10.0. The van der Waals surface area contributed by atoms with Crippen LogP contribution in [0.2, 0.25) is 0 Å². The van der Waals surface area contributed by atoms with E-state index in [1.165, 1.54) is 37.1 Å². The van der Waals surface area contributed by atoms with Crippen LogP contribution >= 0.6 is 0 Å². The fourth-order valence-electron chi connectivity index (χ4n) is 3.01. The summed E-state index contributed by atoms with van der Waals surface area (Å²) in [6, 6.07) is 2.78. The van der Waals surface area contributed by atoms with Crippen molar-refractivity contribution in [2.75, 3.05) is 13.2 Å². The Labute approximate surface area is 122 Å². The Hall–Kier alpha value is -0.870. The molecule has 114 valence electrons. The number of aromatic nitrogens is 2. The van der Waals surface area contributed by atoms with Crippen molar-refractivity contribution in [3.05, 3.63) is 17.5 Å². The minimum atomic E-state index is 0.494. The van der Waals surface area contributed by atoms with E-state index in [-0.39, 0.29) is 0 Å². The predicted octanol–water partition coefficient (Wildman–Crippen LogP) is 2.46. The number of rotatable bonds is 8. The Kier molecular flexibility index (Phi) is 6.05. The van der Waals surface area contributed by atoms with Gasteiger partial charge in [-0.05, 0) is 44.7 Å². The van der Waals surface area contributed by atoms with Gasteiger partial charge in [0, 0.05) is 31.8 Å². The molecule has 0 bridgehead atoms. The number of ether oxygens (including phenoxy) is 1. The normalized spacial score (nSPS) is 20.4. The van der Waals surface area contributed by atoms with E-state index in [4.69, 9.17) is 4.74 Å². The summed E-state index contributed by atoms with van der Waals surface area (Å²) in [6.45, 7) is 6.32. The largest absolute Gasteiger partial charge is 0.378 e. The van der Waals surface area contributed by atoms with E-state index >= 15 is 0 Å². The molecule has 1 saturated heterocycles. The number of hydrogen-bond donors (Lipinski definition) is 1. The summed E-state index contributed by atoms with van der Waals surface area (Å²) in [5.74, 6) is 0. The molecule has 0 amide bonds. The number of aryl methyl sites for hydroxylation is 2. The summed E-state index contributed by atoms with van der Waals surface area (Å²) >= 11 is 0. The van der Waals surface area contributed by atoms with Crippen LogP contribution in [0.5, 0.6) is 0 Å². The number of nitrogens with zero attached hydrogens (tertiary/aromatic N) is 2. The standard InChI is InChI=1S/C16H29N3O/c1-4-13-11-15(19(3)18-13)12-14(17-5-2)8-9-16-7-6-10-20-16/h11,14,16-17H,4-10,12H2,1-3H3. The Morgan fingerprint density at radius 3 is 2.95 bits per heavy atom. The number of likely N-dealkylation sites (N-methyl/N-ethyl adjacent to an activating group) is 1. The van der Waals surface area contributed by atoms with Gasteiger partial charge in [0.15, 0.2) is 0 Å². The lowest BCUT2D eigenvalue weighted by molar-refractivity contribution is 0.0995. The first-order valence-corrected chi connectivity index (χ1v) is 8.09. The molecule has 4 heteroatoms. The van der Waals surface area contributed by atoms with E-state index < -0.39 is 0 Å². The maximum atomic E-state index is 5.73. The molecule has 1 aliphatic heterocycles. The van der Waals surface area contributed by atoms with Crippen LogP contribution in [0.3, 0.4) is 0 Å². The molecule has 0 aliphatic carbocycles. The highest BCUT2D eigenvalue weighted by molar-refractivity contribution is 5.11. The van der Waals surface area contributed by atoms with Crippen molar-refractivity contribution in [2.45, 2.75) is 64.5 Å². The molecule has 1 N–H and O–H groups in total. The fraction of sp³-hybridized carbons (Fsp3) is 0.812. The summed E-state index contributed by atoms with van der Waals surface area (Å²) in [4.78, 5) is 0. The summed E-state index contributed by atoms with van der Waals surface area (Å²) < 4.78 is 7.77. The lowest BCUT2D eigenvalue weighted by Gasteiger charge is -2.19. The molecule has 1 aliphatic rings. The van der Waals surface area contributed by atoms with Gasteiger partial charge in [0.2, 0.25) is 0 Å². The zero-order chi connectivity index (χ0) is 14.4. The zero-order valence-corrected chi connectivity index (χ0v) is 13.2. The van der Waals surface area contributed by atoms with Gasteiger partial charge in [-0.1, -0.05) is 13.8 Å². The van der Waals surface area contributed by atoms with Crippen molar-refractivity contribution in [2.24, 2.45) is 7.05 Å². The van der Waals surface area contributed by atoms with Crippen molar-refractivity contribution in [3.8, 4) is 0 Å². The smallest absolute Gasteiger partial charge is 0.0624 e. The molecule has 0 aromatic carbocycles. The summed E-state index contributed by atoms with van der Waals surface area (Å²) in [7, 11) is 2.05. The summed E-state index contributed by atoms with van der Waals surface area (Å²) in [6.07, 6.45) is 7.40. The van der Waals surface area contributed by atoms with Gasteiger partial charge < -0.3 is 10.1 Å². The third-order valence-electron chi connectivity index (χ3n) is 4.20. The van der Waals surface area contributed by atoms with Crippen LogP contribution in [-0.2, 0) is 24.6 Å².